The van der Waals surface area contributed by atoms with Crippen molar-refractivity contribution in [1.29, 1.82) is 0 Å². The molecule has 1 aliphatic carbocycles. The SMILES string of the molecule is OC(Cc1ccco1)c1cc2c(s1)CCC2. The molecule has 2 aromatic heterocycles. The van der Waals surface area contributed by atoms with Crippen LogP contribution < -0.4 is 0 Å². The summed E-state index contributed by atoms with van der Waals surface area (Å²) >= 11 is 1.76. The van der Waals surface area contributed by atoms with Gasteiger partial charge in [0.2, 0.25) is 0 Å². The summed E-state index contributed by atoms with van der Waals surface area (Å²) in [7, 11) is 0. The third-order valence-corrected chi connectivity index (χ3v) is 4.41. The number of aliphatic hydroxyl groups is 1. The van der Waals surface area contributed by atoms with Gasteiger partial charge in [0, 0.05) is 16.2 Å². The van der Waals surface area contributed by atoms with Gasteiger partial charge in [-0.15, -0.1) is 11.3 Å². The van der Waals surface area contributed by atoms with Gasteiger partial charge in [-0.1, -0.05) is 0 Å². The van der Waals surface area contributed by atoms with Gasteiger partial charge < -0.3 is 9.52 Å². The third kappa shape index (κ3) is 1.81. The van der Waals surface area contributed by atoms with E-state index in [2.05, 4.69) is 6.07 Å². The van der Waals surface area contributed by atoms with Crippen LogP contribution in [-0.2, 0) is 19.3 Å². The summed E-state index contributed by atoms with van der Waals surface area (Å²) < 4.78 is 5.25. The van der Waals surface area contributed by atoms with Crippen molar-refractivity contribution in [2.45, 2.75) is 31.8 Å². The molecule has 1 unspecified atom stereocenters. The van der Waals surface area contributed by atoms with Crippen LogP contribution >= 0.6 is 11.3 Å². The number of furan rings is 1. The van der Waals surface area contributed by atoms with Crippen LogP contribution in [0.4, 0.5) is 0 Å². The van der Waals surface area contributed by atoms with Gasteiger partial charge in [-0.3, -0.25) is 0 Å². The van der Waals surface area contributed by atoms with Gasteiger partial charge in [0.1, 0.15) is 5.76 Å². The van der Waals surface area contributed by atoms with Gasteiger partial charge in [-0.05, 0) is 43.0 Å². The molecule has 0 amide bonds. The van der Waals surface area contributed by atoms with E-state index in [0.717, 1.165) is 10.6 Å². The van der Waals surface area contributed by atoms with Crippen LogP contribution in [0.2, 0.25) is 0 Å². The molecular weight excluding hydrogens is 220 g/mol. The smallest absolute Gasteiger partial charge is 0.106 e. The van der Waals surface area contributed by atoms with Crippen molar-refractivity contribution in [3.63, 3.8) is 0 Å². The van der Waals surface area contributed by atoms with Crippen molar-refractivity contribution in [2.24, 2.45) is 0 Å². The van der Waals surface area contributed by atoms with Gasteiger partial charge in [0.05, 0.1) is 12.4 Å². The highest BCUT2D eigenvalue weighted by Gasteiger charge is 2.19. The fraction of sp³-hybridized carbons (Fsp3) is 0.385. The lowest BCUT2D eigenvalue weighted by Crippen LogP contribution is -1.98. The molecule has 3 rings (SSSR count). The summed E-state index contributed by atoms with van der Waals surface area (Å²) in [5, 5.41) is 10.1. The van der Waals surface area contributed by atoms with E-state index in [1.165, 1.54) is 29.7 Å². The molecule has 0 bridgehead atoms. The second kappa shape index (κ2) is 4.07. The number of aryl methyl sites for hydroxylation is 2. The maximum Gasteiger partial charge on any atom is 0.106 e. The van der Waals surface area contributed by atoms with Crippen molar-refractivity contribution in [3.05, 3.63) is 45.5 Å². The molecule has 0 spiro atoms. The number of hydrogen-bond donors (Lipinski definition) is 1. The maximum atomic E-state index is 10.1. The molecule has 0 saturated heterocycles. The van der Waals surface area contributed by atoms with E-state index in [0.29, 0.717) is 6.42 Å². The maximum absolute atomic E-state index is 10.1. The average molecular weight is 234 g/mol. The lowest BCUT2D eigenvalue weighted by atomic mass is 10.1. The summed E-state index contributed by atoms with van der Waals surface area (Å²) in [6.45, 7) is 0. The molecule has 0 aliphatic heterocycles. The predicted molar refractivity (Wildman–Crippen MR) is 63.7 cm³/mol. The molecule has 2 heterocycles. The zero-order valence-electron chi connectivity index (χ0n) is 8.98. The van der Waals surface area contributed by atoms with E-state index < -0.39 is 6.10 Å². The summed E-state index contributed by atoms with van der Waals surface area (Å²) in [5.41, 5.74) is 1.44. The highest BCUT2D eigenvalue weighted by molar-refractivity contribution is 7.12. The Morgan fingerprint density at radius 1 is 1.44 bits per heavy atom. The fourth-order valence-electron chi connectivity index (χ4n) is 2.24. The molecule has 0 radical (unpaired) electrons. The van der Waals surface area contributed by atoms with Crippen molar-refractivity contribution in [2.75, 3.05) is 0 Å². The molecule has 3 heteroatoms. The Kier molecular flexibility index (Phi) is 2.58. The summed E-state index contributed by atoms with van der Waals surface area (Å²) in [6, 6.07) is 5.93. The number of rotatable bonds is 3. The van der Waals surface area contributed by atoms with Crippen molar-refractivity contribution in [3.8, 4) is 0 Å². The molecule has 1 atom stereocenters. The zero-order valence-corrected chi connectivity index (χ0v) is 9.80. The molecule has 1 aliphatic rings. The van der Waals surface area contributed by atoms with E-state index in [4.69, 9.17) is 4.42 Å². The fourth-order valence-corrected chi connectivity index (χ4v) is 3.48. The van der Waals surface area contributed by atoms with Crippen LogP contribution in [0.1, 0.15) is 33.6 Å². The Labute approximate surface area is 98.5 Å². The lowest BCUT2D eigenvalue weighted by Gasteiger charge is -2.05. The van der Waals surface area contributed by atoms with Crippen molar-refractivity contribution >= 4 is 11.3 Å². The van der Waals surface area contributed by atoms with E-state index in [9.17, 15) is 5.11 Å². The summed E-state index contributed by atoms with van der Waals surface area (Å²) in [6.07, 6.45) is 5.45. The second-order valence-corrected chi connectivity index (χ2v) is 5.42. The first-order valence-electron chi connectivity index (χ1n) is 5.65. The van der Waals surface area contributed by atoms with Crippen LogP contribution in [0.15, 0.2) is 28.9 Å². The highest BCUT2D eigenvalue weighted by atomic mass is 32.1. The highest BCUT2D eigenvalue weighted by Crippen LogP contribution is 2.34. The van der Waals surface area contributed by atoms with Gasteiger partial charge >= 0.3 is 0 Å². The molecular formula is C13H14O2S. The van der Waals surface area contributed by atoms with Gasteiger partial charge in [-0.2, -0.15) is 0 Å². The molecule has 2 aromatic rings. The van der Waals surface area contributed by atoms with Crippen LogP contribution in [0, 0.1) is 0 Å². The lowest BCUT2D eigenvalue weighted by molar-refractivity contribution is 0.174. The van der Waals surface area contributed by atoms with Crippen LogP contribution in [-0.4, -0.2) is 5.11 Å². The van der Waals surface area contributed by atoms with Crippen molar-refractivity contribution < 1.29 is 9.52 Å². The molecule has 0 saturated carbocycles. The minimum atomic E-state index is -0.415. The molecule has 0 fully saturated rings. The van der Waals surface area contributed by atoms with E-state index in [-0.39, 0.29) is 0 Å². The quantitative estimate of drug-likeness (QED) is 0.885. The van der Waals surface area contributed by atoms with Gasteiger partial charge in [0.25, 0.3) is 0 Å². The Balaban J connectivity index is 1.76. The molecule has 1 N–H and O–H groups in total. The molecule has 0 aromatic carbocycles. The normalized spacial score (nSPS) is 16.3. The van der Waals surface area contributed by atoms with Crippen molar-refractivity contribution in [1.82, 2.24) is 0 Å². The number of aliphatic hydroxyl groups excluding tert-OH is 1. The largest absolute Gasteiger partial charge is 0.469 e. The monoisotopic (exact) mass is 234 g/mol. The first-order valence-corrected chi connectivity index (χ1v) is 6.46. The van der Waals surface area contributed by atoms with Gasteiger partial charge in [-0.25, -0.2) is 0 Å². The Morgan fingerprint density at radius 3 is 3.12 bits per heavy atom. The molecule has 16 heavy (non-hydrogen) atoms. The Morgan fingerprint density at radius 2 is 2.38 bits per heavy atom. The number of thiophene rings is 1. The van der Waals surface area contributed by atoms with Gasteiger partial charge in [0.15, 0.2) is 0 Å². The third-order valence-electron chi connectivity index (χ3n) is 3.07. The Hall–Kier alpha value is -1.06. The first-order chi connectivity index (χ1) is 7.83. The zero-order chi connectivity index (χ0) is 11.0. The van der Waals surface area contributed by atoms with E-state index >= 15 is 0 Å². The van der Waals surface area contributed by atoms with E-state index in [1.807, 2.05) is 12.1 Å². The Bertz CT molecular complexity index is 449. The molecule has 84 valence electrons. The number of fused-ring (bicyclic) bond motifs is 1. The topological polar surface area (TPSA) is 33.4 Å². The standard InChI is InChI=1S/C13H14O2S/c14-11(8-10-4-2-6-15-10)13-7-9-3-1-5-12(9)16-13/h2,4,6-7,11,14H,1,3,5,8H2. The minimum Gasteiger partial charge on any atom is -0.469 e. The molecule has 2 nitrogen and oxygen atoms in total. The van der Waals surface area contributed by atoms with Crippen LogP contribution in [0.3, 0.4) is 0 Å². The van der Waals surface area contributed by atoms with Crippen LogP contribution in [0.5, 0.6) is 0 Å². The van der Waals surface area contributed by atoms with Crippen LogP contribution in [0.25, 0.3) is 0 Å². The second-order valence-electron chi connectivity index (χ2n) is 4.25. The number of hydrogen-bond acceptors (Lipinski definition) is 3. The summed E-state index contributed by atoms with van der Waals surface area (Å²) in [5.74, 6) is 0.848. The first kappa shape index (κ1) is 10.1. The predicted octanol–water partition coefficient (Wildman–Crippen LogP) is 3.11. The average Bonchev–Trinajstić information content (AvgIpc) is 2.91. The minimum absolute atomic E-state index is 0.415. The summed E-state index contributed by atoms with van der Waals surface area (Å²) in [4.78, 5) is 2.55. The van der Waals surface area contributed by atoms with E-state index in [1.54, 1.807) is 17.6 Å².